The van der Waals surface area contributed by atoms with Gasteiger partial charge >= 0.3 is 19.7 Å². The van der Waals surface area contributed by atoms with Gasteiger partial charge < -0.3 is 29.3 Å². The highest BCUT2D eigenvalue weighted by molar-refractivity contribution is 7.51. The quantitative estimate of drug-likeness (QED) is 0.188. The van der Waals surface area contributed by atoms with E-state index < -0.39 is 62.5 Å². The summed E-state index contributed by atoms with van der Waals surface area (Å²) in [4.78, 5) is 54.4. The van der Waals surface area contributed by atoms with Gasteiger partial charge in [-0.1, -0.05) is 35.9 Å². The van der Waals surface area contributed by atoms with Gasteiger partial charge in [-0.2, -0.15) is 0 Å². The van der Waals surface area contributed by atoms with Gasteiger partial charge in [0, 0.05) is 30.0 Å². The van der Waals surface area contributed by atoms with E-state index in [0.717, 1.165) is 0 Å². The van der Waals surface area contributed by atoms with Crippen molar-refractivity contribution >= 4 is 37.2 Å². The Morgan fingerprint density at radius 3 is 2.29 bits per heavy atom. The van der Waals surface area contributed by atoms with Crippen LogP contribution in [0, 0.1) is 5.82 Å². The standard InChI is InChI=1S/C25H30ClFNO9P/c1-15(2)35-25(31)37-16(3)36-24(30)14-20(28-23(29)10-11-38(32,33)34)12-17-4-6-18(7-5-17)21-13-19(26)8-9-22(21)27/h4-9,13,15-16,20H,10-12,14H2,1-3H3,(H,28,29)(H2,32,33,34)/t16?,20-/m1/s1. The minimum Gasteiger partial charge on any atom is -0.431 e. The number of ether oxygens (including phenoxy) is 3. The third-order valence-corrected chi connectivity index (χ3v) is 6.02. The Labute approximate surface area is 224 Å². The summed E-state index contributed by atoms with van der Waals surface area (Å²) in [7, 11) is -4.40. The molecule has 208 valence electrons. The van der Waals surface area contributed by atoms with E-state index in [1.54, 1.807) is 38.1 Å². The number of esters is 1. The summed E-state index contributed by atoms with van der Waals surface area (Å²) in [6.07, 6.45) is -4.01. The topological polar surface area (TPSA) is 148 Å². The first kappa shape index (κ1) is 31.2. The van der Waals surface area contributed by atoms with Crippen LogP contribution in [0.2, 0.25) is 5.02 Å². The summed E-state index contributed by atoms with van der Waals surface area (Å²) < 4.78 is 40.1. The molecule has 1 amide bonds. The molecular weight excluding hydrogens is 544 g/mol. The van der Waals surface area contributed by atoms with E-state index >= 15 is 0 Å². The van der Waals surface area contributed by atoms with Gasteiger partial charge in [-0.3, -0.25) is 14.2 Å². The Hall–Kier alpha value is -2.98. The highest BCUT2D eigenvalue weighted by atomic mass is 35.5. The van der Waals surface area contributed by atoms with E-state index in [-0.39, 0.29) is 12.8 Å². The van der Waals surface area contributed by atoms with Crippen molar-refractivity contribution in [3.05, 3.63) is 58.9 Å². The minimum absolute atomic E-state index is 0.139. The van der Waals surface area contributed by atoms with Crippen molar-refractivity contribution in [1.82, 2.24) is 5.32 Å². The Morgan fingerprint density at radius 2 is 1.68 bits per heavy atom. The normalized spacial score (nSPS) is 12.9. The molecule has 0 aromatic heterocycles. The zero-order chi connectivity index (χ0) is 28.5. The zero-order valence-corrected chi connectivity index (χ0v) is 22.7. The molecule has 0 spiro atoms. The maximum atomic E-state index is 14.2. The van der Waals surface area contributed by atoms with Crippen LogP contribution in [0.5, 0.6) is 0 Å². The van der Waals surface area contributed by atoms with Crippen LogP contribution >= 0.6 is 19.2 Å². The smallest absolute Gasteiger partial charge is 0.431 e. The Kier molecular flexibility index (Phi) is 11.7. The molecule has 0 heterocycles. The van der Waals surface area contributed by atoms with Crippen LogP contribution in [0.4, 0.5) is 9.18 Å². The van der Waals surface area contributed by atoms with Crippen LogP contribution in [0.3, 0.4) is 0 Å². The fourth-order valence-corrected chi connectivity index (χ4v) is 4.03. The number of nitrogens with one attached hydrogen (secondary N) is 1. The predicted molar refractivity (Wildman–Crippen MR) is 137 cm³/mol. The highest BCUT2D eigenvalue weighted by Crippen LogP contribution is 2.34. The fourth-order valence-electron chi connectivity index (χ4n) is 3.36. The van der Waals surface area contributed by atoms with Crippen molar-refractivity contribution in [1.29, 1.82) is 0 Å². The van der Waals surface area contributed by atoms with Crippen LogP contribution in [0.25, 0.3) is 11.1 Å². The number of halogens is 2. The Bertz CT molecular complexity index is 1170. The second-order valence-electron chi connectivity index (χ2n) is 8.72. The largest absolute Gasteiger partial charge is 0.511 e. The average Bonchev–Trinajstić information content (AvgIpc) is 2.78. The first-order valence-corrected chi connectivity index (χ1v) is 13.8. The van der Waals surface area contributed by atoms with Gasteiger partial charge in [-0.05, 0) is 49.6 Å². The molecule has 0 aliphatic heterocycles. The van der Waals surface area contributed by atoms with Crippen molar-refractivity contribution < 1.29 is 47.3 Å². The van der Waals surface area contributed by atoms with Gasteiger partial charge in [0.1, 0.15) is 5.82 Å². The number of rotatable bonds is 12. The van der Waals surface area contributed by atoms with Crippen LogP contribution in [0.15, 0.2) is 42.5 Å². The second kappa shape index (κ2) is 14.2. The number of hydrogen-bond donors (Lipinski definition) is 3. The second-order valence-corrected chi connectivity index (χ2v) is 10.9. The molecule has 0 radical (unpaired) electrons. The van der Waals surface area contributed by atoms with Crippen molar-refractivity contribution in [2.75, 3.05) is 6.16 Å². The fraction of sp³-hybridized carbons (Fsp3) is 0.400. The van der Waals surface area contributed by atoms with E-state index in [1.807, 2.05) is 0 Å². The lowest BCUT2D eigenvalue weighted by Gasteiger charge is -2.20. The summed E-state index contributed by atoms with van der Waals surface area (Å²) in [5.74, 6) is -1.92. The van der Waals surface area contributed by atoms with Crippen molar-refractivity contribution in [3.63, 3.8) is 0 Å². The SMILES string of the molecule is CC(C)OC(=O)OC(C)OC(=O)C[C@@H](Cc1ccc(-c2cc(Cl)ccc2F)cc1)NC(=O)CCP(=O)(O)O. The zero-order valence-electron chi connectivity index (χ0n) is 21.1. The molecule has 3 N–H and O–H groups in total. The van der Waals surface area contributed by atoms with Crippen LogP contribution in [-0.2, 0) is 34.8 Å². The number of hydrogen-bond acceptors (Lipinski definition) is 7. The predicted octanol–water partition coefficient (Wildman–Crippen LogP) is 4.58. The van der Waals surface area contributed by atoms with Gasteiger partial charge in [0.05, 0.1) is 18.7 Å². The third kappa shape index (κ3) is 11.6. The molecule has 0 bridgehead atoms. The van der Waals surface area contributed by atoms with Crippen molar-refractivity contribution in [2.24, 2.45) is 0 Å². The van der Waals surface area contributed by atoms with E-state index in [4.69, 9.17) is 35.6 Å². The summed E-state index contributed by atoms with van der Waals surface area (Å²) >= 11 is 5.97. The summed E-state index contributed by atoms with van der Waals surface area (Å²) in [5, 5.41) is 2.95. The lowest BCUT2D eigenvalue weighted by Crippen LogP contribution is -2.39. The first-order valence-electron chi connectivity index (χ1n) is 11.7. The molecule has 0 aliphatic carbocycles. The molecule has 2 atom stereocenters. The molecule has 10 nitrogen and oxygen atoms in total. The van der Waals surface area contributed by atoms with Crippen LogP contribution < -0.4 is 5.32 Å². The first-order chi connectivity index (χ1) is 17.7. The third-order valence-electron chi connectivity index (χ3n) is 4.98. The summed E-state index contributed by atoms with van der Waals surface area (Å²) in [6, 6.07) is 10.0. The monoisotopic (exact) mass is 573 g/mol. The molecular formula is C25H30ClFNO9P. The van der Waals surface area contributed by atoms with Gasteiger partial charge in [-0.15, -0.1) is 0 Å². The molecule has 0 saturated heterocycles. The molecule has 2 aromatic rings. The maximum absolute atomic E-state index is 14.2. The molecule has 38 heavy (non-hydrogen) atoms. The van der Waals surface area contributed by atoms with Gasteiger partial charge in [0.2, 0.25) is 12.2 Å². The van der Waals surface area contributed by atoms with E-state index in [0.29, 0.717) is 21.7 Å². The number of carbonyl (C=O) groups excluding carboxylic acids is 3. The Morgan fingerprint density at radius 1 is 1.03 bits per heavy atom. The lowest BCUT2D eigenvalue weighted by atomic mass is 9.99. The van der Waals surface area contributed by atoms with E-state index in [1.165, 1.54) is 25.1 Å². The maximum Gasteiger partial charge on any atom is 0.511 e. The number of benzene rings is 2. The minimum atomic E-state index is -4.40. The van der Waals surface area contributed by atoms with E-state index in [9.17, 15) is 23.3 Å². The summed E-state index contributed by atoms with van der Waals surface area (Å²) in [5.41, 5.74) is 1.55. The Balaban J connectivity index is 2.10. The van der Waals surface area contributed by atoms with Gasteiger partial charge in [0.25, 0.3) is 0 Å². The number of carbonyl (C=O) groups is 3. The molecule has 0 aliphatic rings. The molecule has 0 fully saturated rings. The molecule has 2 rings (SSSR count). The van der Waals surface area contributed by atoms with Gasteiger partial charge in [0.15, 0.2) is 0 Å². The van der Waals surface area contributed by atoms with Crippen LogP contribution in [-0.4, -0.2) is 52.4 Å². The summed E-state index contributed by atoms with van der Waals surface area (Å²) in [6.45, 7) is 4.56. The van der Waals surface area contributed by atoms with Crippen molar-refractivity contribution in [2.45, 2.75) is 58.5 Å². The van der Waals surface area contributed by atoms with E-state index in [2.05, 4.69) is 5.32 Å². The molecule has 13 heteroatoms. The molecule has 1 unspecified atom stereocenters. The molecule has 0 saturated carbocycles. The highest BCUT2D eigenvalue weighted by Gasteiger charge is 2.23. The van der Waals surface area contributed by atoms with Crippen molar-refractivity contribution in [3.8, 4) is 11.1 Å². The molecule has 2 aromatic carbocycles. The number of amides is 1. The van der Waals surface area contributed by atoms with Crippen LogP contribution in [0.1, 0.15) is 39.2 Å². The van der Waals surface area contributed by atoms with Gasteiger partial charge in [-0.25, -0.2) is 9.18 Å². The lowest BCUT2D eigenvalue weighted by molar-refractivity contribution is -0.169. The average molecular weight is 574 g/mol.